The van der Waals surface area contributed by atoms with E-state index in [1.54, 1.807) is 7.05 Å². The SMILES string of the molecule is CN(Cc1ccc2ccccc2c1)C(=O)c1ccc(N)c([N+](=O)[O-])c1. The standard InChI is InChI=1S/C19H17N3O3/c1-21(12-13-6-7-14-4-2-3-5-15(14)10-13)19(23)16-8-9-17(20)18(11-16)22(24)25/h2-11H,12,20H2,1H3. The summed E-state index contributed by atoms with van der Waals surface area (Å²) in [5, 5.41) is 13.2. The van der Waals surface area contributed by atoms with E-state index < -0.39 is 4.92 Å². The number of fused-ring (bicyclic) bond motifs is 1. The van der Waals surface area contributed by atoms with E-state index in [2.05, 4.69) is 0 Å². The van der Waals surface area contributed by atoms with E-state index in [-0.39, 0.29) is 22.8 Å². The van der Waals surface area contributed by atoms with Gasteiger partial charge < -0.3 is 10.6 Å². The third kappa shape index (κ3) is 3.42. The van der Waals surface area contributed by atoms with Gasteiger partial charge in [-0.1, -0.05) is 36.4 Å². The number of amides is 1. The fourth-order valence-electron chi connectivity index (χ4n) is 2.74. The molecule has 1 amide bonds. The monoisotopic (exact) mass is 335 g/mol. The topological polar surface area (TPSA) is 89.5 Å². The Morgan fingerprint density at radius 3 is 2.52 bits per heavy atom. The number of carbonyl (C=O) groups is 1. The van der Waals surface area contributed by atoms with Crippen LogP contribution in [0.4, 0.5) is 11.4 Å². The van der Waals surface area contributed by atoms with Crippen LogP contribution in [0.25, 0.3) is 10.8 Å². The highest BCUT2D eigenvalue weighted by atomic mass is 16.6. The molecule has 0 saturated heterocycles. The Labute approximate surface area is 144 Å². The number of hydrogen-bond donors (Lipinski definition) is 1. The first-order valence-corrected chi connectivity index (χ1v) is 7.73. The second-order valence-corrected chi connectivity index (χ2v) is 5.87. The molecule has 0 aliphatic carbocycles. The Kier molecular flexibility index (Phi) is 4.35. The molecule has 0 aromatic heterocycles. The van der Waals surface area contributed by atoms with E-state index in [9.17, 15) is 14.9 Å². The summed E-state index contributed by atoms with van der Waals surface area (Å²) in [4.78, 5) is 24.5. The van der Waals surface area contributed by atoms with Gasteiger partial charge in [0.15, 0.2) is 0 Å². The number of anilines is 1. The van der Waals surface area contributed by atoms with Gasteiger partial charge >= 0.3 is 0 Å². The van der Waals surface area contributed by atoms with Crippen LogP contribution in [0.15, 0.2) is 60.7 Å². The van der Waals surface area contributed by atoms with Gasteiger partial charge in [0.05, 0.1) is 4.92 Å². The van der Waals surface area contributed by atoms with Crippen LogP contribution < -0.4 is 5.73 Å². The number of nitrogens with two attached hydrogens (primary N) is 1. The van der Waals surface area contributed by atoms with Crippen LogP contribution in [0.5, 0.6) is 0 Å². The van der Waals surface area contributed by atoms with Crippen LogP contribution in [0, 0.1) is 10.1 Å². The average Bonchev–Trinajstić information content (AvgIpc) is 2.61. The molecule has 0 heterocycles. The van der Waals surface area contributed by atoms with Crippen molar-refractivity contribution in [2.24, 2.45) is 0 Å². The number of rotatable bonds is 4. The fourth-order valence-corrected chi connectivity index (χ4v) is 2.74. The maximum absolute atomic E-state index is 12.6. The van der Waals surface area contributed by atoms with Crippen LogP contribution in [-0.2, 0) is 6.54 Å². The van der Waals surface area contributed by atoms with Gasteiger partial charge in [-0.3, -0.25) is 14.9 Å². The first-order chi connectivity index (χ1) is 12.0. The number of carbonyl (C=O) groups excluding carboxylic acids is 1. The Morgan fingerprint density at radius 2 is 1.80 bits per heavy atom. The normalized spacial score (nSPS) is 10.6. The zero-order valence-corrected chi connectivity index (χ0v) is 13.7. The minimum Gasteiger partial charge on any atom is -0.393 e. The van der Waals surface area contributed by atoms with Crippen LogP contribution >= 0.6 is 0 Å². The highest BCUT2D eigenvalue weighted by Gasteiger charge is 2.18. The van der Waals surface area contributed by atoms with Crippen molar-refractivity contribution in [3.8, 4) is 0 Å². The summed E-state index contributed by atoms with van der Waals surface area (Å²) in [6.45, 7) is 0.405. The van der Waals surface area contributed by atoms with Crippen molar-refractivity contribution in [2.75, 3.05) is 12.8 Å². The molecule has 6 nitrogen and oxygen atoms in total. The smallest absolute Gasteiger partial charge is 0.292 e. The largest absolute Gasteiger partial charge is 0.393 e. The fraction of sp³-hybridized carbons (Fsp3) is 0.105. The van der Waals surface area contributed by atoms with Gasteiger partial charge in [-0.15, -0.1) is 0 Å². The van der Waals surface area contributed by atoms with Crippen LogP contribution in [0.2, 0.25) is 0 Å². The highest BCUT2D eigenvalue weighted by Crippen LogP contribution is 2.23. The van der Waals surface area contributed by atoms with Crippen LogP contribution in [-0.4, -0.2) is 22.8 Å². The molecule has 0 radical (unpaired) electrons. The van der Waals surface area contributed by atoms with E-state index in [0.717, 1.165) is 16.3 Å². The lowest BCUT2D eigenvalue weighted by Gasteiger charge is -2.18. The molecule has 0 aliphatic heterocycles. The molecule has 0 spiro atoms. The molecule has 0 atom stereocenters. The molecule has 3 aromatic carbocycles. The number of nitrogens with zero attached hydrogens (tertiary/aromatic N) is 2. The third-order valence-corrected chi connectivity index (χ3v) is 4.05. The molecule has 0 unspecified atom stereocenters. The highest BCUT2D eigenvalue weighted by molar-refractivity contribution is 5.95. The van der Waals surface area contributed by atoms with Gasteiger partial charge in [0.1, 0.15) is 5.69 Å². The number of hydrogen-bond acceptors (Lipinski definition) is 4. The molecule has 3 aromatic rings. The predicted octanol–water partition coefficient (Wildman–Crippen LogP) is 3.60. The second-order valence-electron chi connectivity index (χ2n) is 5.87. The molecule has 0 saturated carbocycles. The van der Waals surface area contributed by atoms with Crippen LogP contribution in [0.1, 0.15) is 15.9 Å². The quantitative estimate of drug-likeness (QED) is 0.448. The molecule has 25 heavy (non-hydrogen) atoms. The van der Waals surface area contributed by atoms with Gasteiger partial charge in [-0.05, 0) is 34.5 Å². The number of nitrogen functional groups attached to an aromatic ring is 1. The van der Waals surface area contributed by atoms with Gasteiger partial charge in [-0.25, -0.2) is 0 Å². The minimum absolute atomic E-state index is 0.0405. The van der Waals surface area contributed by atoms with Crippen molar-refractivity contribution in [2.45, 2.75) is 6.54 Å². The van der Waals surface area contributed by atoms with Crippen molar-refractivity contribution in [1.82, 2.24) is 4.90 Å². The summed E-state index contributed by atoms with van der Waals surface area (Å²) in [6.07, 6.45) is 0. The molecule has 0 aliphatic rings. The molecule has 0 fully saturated rings. The van der Waals surface area contributed by atoms with E-state index >= 15 is 0 Å². The third-order valence-electron chi connectivity index (χ3n) is 4.05. The number of nitro benzene ring substituents is 1. The van der Waals surface area contributed by atoms with Crippen molar-refractivity contribution in [3.05, 3.63) is 81.9 Å². The summed E-state index contributed by atoms with van der Waals surface area (Å²) < 4.78 is 0. The zero-order valence-electron chi connectivity index (χ0n) is 13.7. The first-order valence-electron chi connectivity index (χ1n) is 7.73. The molecule has 3 rings (SSSR count). The summed E-state index contributed by atoms with van der Waals surface area (Å²) in [5.41, 5.74) is 6.58. The maximum Gasteiger partial charge on any atom is 0.292 e. The van der Waals surface area contributed by atoms with Crippen molar-refractivity contribution < 1.29 is 9.72 Å². The number of nitro groups is 1. The summed E-state index contributed by atoms with van der Waals surface area (Å²) in [6, 6.07) is 18.1. The van der Waals surface area contributed by atoms with Crippen molar-refractivity contribution >= 4 is 28.1 Å². The van der Waals surface area contributed by atoms with E-state index in [0.29, 0.717) is 6.54 Å². The Morgan fingerprint density at radius 1 is 1.08 bits per heavy atom. The lowest BCUT2D eigenvalue weighted by atomic mass is 10.1. The predicted molar refractivity (Wildman–Crippen MR) is 97.3 cm³/mol. The molecule has 6 heteroatoms. The molecule has 2 N–H and O–H groups in total. The maximum atomic E-state index is 12.6. The lowest BCUT2D eigenvalue weighted by Crippen LogP contribution is -2.26. The Bertz CT molecular complexity index is 969. The van der Waals surface area contributed by atoms with Gasteiger partial charge in [0, 0.05) is 25.2 Å². The number of benzene rings is 3. The van der Waals surface area contributed by atoms with E-state index in [1.165, 1.54) is 23.1 Å². The summed E-state index contributed by atoms with van der Waals surface area (Å²) in [5.74, 6) is -0.295. The molecular weight excluding hydrogens is 318 g/mol. The zero-order chi connectivity index (χ0) is 18.0. The van der Waals surface area contributed by atoms with Crippen molar-refractivity contribution in [1.29, 1.82) is 0 Å². The van der Waals surface area contributed by atoms with Gasteiger partial charge in [0.2, 0.25) is 0 Å². The lowest BCUT2D eigenvalue weighted by molar-refractivity contribution is -0.383. The van der Waals surface area contributed by atoms with E-state index in [1.807, 2.05) is 42.5 Å². The molecule has 126 valence electrons. The molecule has 0 bridgehead atoms. The summed E-state index contributed by atoms with van der Waals surface area (Å²) in [7, 11) is 1.67. The first kappa shape index (κ1) is 16.4. The van der Waals surface area contributed by atoms with Crippen molar-refractivity contribution in [3.63, 3.8) is 0 Å². The van der Waals surface area contributed by atoms with E-state index in [4.69, 9.17) is 5.73 Å². The van der Waals surface area contributed by atoms with Gasteiger partial charge in [-0.2, -0.15) is 0 Å². The Hall–Kier alpha value is -3.41. The summed E-state index contributed by atoms with van der Waals surface area (Å²) >= 11 is 0. The van der Waals surface area contributed by atoms with Crippen LogP contribution in [0.3, 0.4) is 0 Å². The minimum atomic E-state index is -0.588. The molecular formula is C19H17N3O3. The van der Waals surface area contributed by atoms with Gasteiger partial charge in [0.25, 0.3) is 11.6 Å². The average molecular weight is 335 g/mol. The Balaban J connectivity index is 1.82. The second kappa shape index (κ2) is 6.60.